The molecule has 0 aliphatic carbocycles. The smallest absolute Gasteiger partial charge is 0.264 e. The van der Waals surface area contributed by atoms with E-state index in [9.17, 15) is 12.8 Å². The molecule has 0 unspecified atom stereocenters. The molecule has 0 saturated heterocycles. The first-order valence-corrected chi connectivity index (χ1v) is 8.73. The van der Waals surface area contributed by atoms with Gasteiger partial charge in [-0.2, -0.15) is 0 Å². The van der Waals surface area contributed by atoms with E-state index in [0.29, 0.717) is 5.69 Å². The van der Waals surface area contributed by atoms with Gasteiger partial charge >= 0.3 is 0 Å². The highest BCUT2D eigenvalue weighted by molar-refractivity contribution is 7.92. The molecule has 0 fully saturated rings. The van der Waals surface area contributed by atoms with Gasteiger partial charge in [0.15, 0.2) is 0 Å². The van der Waals surface area contributed by atoms with Crippen molar-refractivity contribution in [1.82, 2.24) is 0 Å². The molecule has 3 rings (SSSR count). The Labute approximate surface area is 135 Å². The molecule has 0 aromatic heterocycles. The predicted molar refractivity (Wildman–Crippen MR) is 90.6 cm³/mol. The molecule has 0 amide bonds. The third-order valence-electron chi connectivity index (χ3n) is 3.69. The molecule has 118 valence electrons. The molecule has 0 bridgehead atoms. The summed E-state index contributed by atoms with van der Waals surface area (Å²) in [6, 6.07) is 18.2. The van der Waals surface area contributed by atoms with Gasteiger partial charge in [0.05, 0.1) is 10.6 Å². The lowest BCUT2D eigenvalue weighted by Gasteiger charge is -2.23. The molecule has 0 atom stereocenters. The second kappa shape index (κ2) is 6.01. The van der Waals surface area contributed by atoms with Crippen molar-refractivity contribution < 1.29 is 12.8 Å². The van der Waals surface area contributed by atoms with Crippen molar-refractivity contribution in [3.8, 4) is 0 Å². The molecule has 0 radical (unpaired) electrons. The van der Waals surface area contributed by atoms with Crippen molar-refractivity contribution in [3.05, 3.63) is 72.5 Å². The number of fused-ring (bicyclic) bond motifs is 1. The van der Waals surface area contributed by atoms with Crippen molar-refractivity contribution >= 4 is 26.5 Å². The van der Waals surface area contributed by atoms with Gasteiger partial charge in [0, 0.05) is 6.54 Å². The fourth-order valence-electron chi connectivity index (χ4n) is 2.58. The zero-order chi connectivity index (χ0) is 16.4. The first-order chi connectivity index (χ1) is 11.0. The summed E-state index contributed by atoms with van der Waals surface area (Å²) in [5.41, 5.74) is 0.320. The molecule has 0 heterocycles. The number of halogens is 1. The first-order valence-electron chi connectivity index (χ1n) is 7.29. The van der Waals surface area contributed by atoms with Crippen LogP contribution in [-0.2, 0) is 10.0 Å². The molecule has 5 heteroatoms. The summed E-state index contributed by atoms with van der Waals surface area (Å²) in [5.74, 6) is -0.463. The largest absolute Gasteiger partial charge is 0.267 e. The van der Waals surface area contributed by atoms with Gasteiger partial charge in [0.2, 0.25) is 0 Å². The topological polar surface area (TPSA) is 37.4 Å². The van der Waals surface area contributed by atoms with Crippen LogP contribution in [0.2, 0.25) is 0 Å². The van der Waals surface area contributed by atoms with E-state index in [1.807, 2.05) is 24.3 Å². The minimum Gasteiger partial charge on any atom is -0.267 e. The van der Waals surface area contributed by atoms with Crippen LogP contribution in [0.25, 0.3) is 10.8 Å². The van der Waals surface area contributed by atoms with E-state index < -0.39 is 15.8 Å². The average molecular weight is 329 g/mol. The summed E-state index contributed by atoms with van der Waals surface area (Å²) in [7, 11) is -3.75. The zero-order valence-corrected chi connectivity index (χ0v) is 13.4. The second-order valence-corrected chi connectivity index (χ2v) is 7.02. The molecule has 0 N–H and O–H groups in total. The highest BCUT2D eigenvalue weighted by atomic mass is 32.2. The number of hydrogen-bond donors (Lipinski definition) is 0. The second-order valence-electron chi connectivity index (χ2n) is 5.16. The quantitative estimate of drug-likeness (QED) is 0.719. The Kier molecular flexibility index (Phi) is 4.05. The van der Waals surface area contributed by atoms with E-state index in [0.717, 1.165) is 10.8 Å². The standard InChI is InChI=1S/C18H16FNO2S/c1-2-20(17-9-5-8-16(19)13-17)23(21,22)18-11-10-14-6-3-4-7-15(14)12-18/h3-13H,2H2,1H3. The normalized spacial score (nSPS) is 11.6. The molecular weight excluding hydrogens is 313 g/mol. The van der Waals surface area contributed by atoms with Crippen LogP contribution < -0.4 is 4.31 Å². The van der Waals surface area contributed by atoms with Gasteiger partial charge in [-0.3, -0.25) is 4.31 Å². The highest BCUT2D eigenvalue weighted by Gasteiger charge is 2.24. The van der Waals surface area contributed by atoms with Crippen molar-refractivity contribution in [2.75, 3.05) is 10.8 Å². The van der Waals surface area contributed by atoms with Gasteiger partial charge in [0.1, 0.15) is 5.82 Å². The molecule has 0 spiro atoms. The molecule has 3 nitrogen and oxygen atoms in total. The third kappa shape index (κ3) is 2.92. The van der Waals surface area contributed by atoms with Crippen LogP contribution in [-0.4, -0.2) is 15.0 Å². The molecule has 23 heavy (non-hydrogen) atoms. The number of benzene rings is 3. The molecule has 3 aromatic carbocycles. The van der Waals surface area contributed by atoms with Gasteiger partial charge in [-0.05, 0) is 48.0 Å². The van der Waals surface area contributed by atoms with Gasteiger partial charge in [-0.15, -0.1) is 0 Å². The first kappa shape index (κ1) is 15.5. The van der Waals surface area contributed by atoms with Crippen LogP contribution in [0.15, 0.2) is 71.6 Å². The van der Waals surface area contributed by atoms with Crippen LogP contribution in [0.5, 0.6) is 0 Å². The molecule has 0 saturated carbocycles. The Bertz CT molecular complexity index is 954. The lowest BCUT2D eigenvalue weighted by molar-refractivity contribution is 0.591. The van der Waals surface area contributed by atoms with Crippen molar-refractivity contribution in [1.29, 1.82) is 0 Å². The van der Waals surface area contributed by atoms with Gasteiger partial charge < -0.3 is 0 Å². The number of sulfonamides is 1. The Balaban J connectivity index is 2.10. The zero-order valence-electron chi connectivity index (χ0n) is 12.6. The SMILES string of the molecule is CCN(c1cccc(F)c1)S(=O)(=O)c1ccc2ccccc2c1. The fourth-order valence-corrected chi connectivity index (χ4v) is 4.08. The third-order valence-corrected chi connectivity index (χ3v) is 5.59. The van der Waals surface area contributed by atoms with E-state index >= 15 is 0 Å². The maximum Gasteiger partial charge on any atom is 0.264 e. The number of rotatable bonds is 4. The van der Waals surface area contributed by atoms with Crippen molar-refractivity contribution in [2.45, 2.75) is 11.8 Å². The van der Waals surface area contributed by atoms with Gasteiger partial charge in [0.25, 0.3) is 10.0 Å². The van der Waals surface area contributed by atoms with Crippen LogP contribution >= 0.6 is 0 Å². The van der Waals surface area contributed by atoms with Gasteiger partial charge in [-0.25, -0.2) is 12.8 Å². The molecular formula is C18H16FNO2S. The molecule has 0 aliphatic rings. The van der Waals surface area contributed by atoms with Crippen LogP contribution in [0, 0.1) is 5.82 Å². The Morgan fingerprint density at radius 2 is 1.65 bits per heavy atom. The molecule has 0 aliphatic heterocycles. The highest BCUT2D eigenvalue weighted by Crippen LogP contribution is 2.26. The summed E-state index contributed by atoms with van der Waals surface area (Å²) in [5, 5.41) is 1.82. The Morgan fingerprint density at radius 3 is 2.35 bits per heavy atom. The fraction of sp³-hybridized carbons (Fsp3) is 0.111. The summed E-state index contributed by atoms with van der Waals surface area (Å²) in [6.45, 7) is 1.95. The van der Waals surface area contributed by atoms with E-state index in [1.54, 1.807) is 31.2 Å². The van der Waals surface area contributed by atoms with E-state index in [-0.39, 0.29) is 11.4 Å². The minimum atomic E-state index is -3.75. The van der Waals surface area contributed by atoms with Crippen molar-refractivity contribution in [2.24, 2.45) is 0 Å². The molecule has 3 aromatic rings. The monoisotopic (exact) mass is 329 g/mol. The van der Waals surface area contributed by atoms with E-state index in [2.05, 4.69) is 0 Å². The average Bonchev–Trinajstić information content (AvgIpc) is 2.55. The lowest BCUT2D eigenvalue weighted by Crippen LogP contribution is -2.30. The van der Waals surface area contributed by atoms with Crippen LogP contribution in [0.3, 0.4) is 0 Å². The van der Waals surface area contributed by atoms with Crippen LogP contribution in [0.1, 0.15) is 6.92 Å². The lowest BCUT2D eigenvalue weighted by atomic mass is 10.1. The summed E-state index contributed by atoms with van der Waals surface area (Å²) < 4.78 is 40.5. The van der Waals surface area contributed by atoms with E-state index in [1.165, 1.54) is 22.5 Å². The number of hydrogen-bond acceptors (Lipinski definition) is 2. The summed E-state index contributed by atoms with van der Waals surface area (Å²) in [6.07, 6.45) is 0. The van der Waals surface area contributed by atoms with E-state index in [4.69, 9.17) is 0 Å². The maximum absolute atomic E-state index is 13.4. The summed E-state index contributed by atoms with van der Waals surface area (Å²) in [4.78, 5) is 0.197. The predicted octanol–water partition coefficient (Wildman–Crippen LogP) is 4.19. The Morgan fingerprint density at radius 1 is 0.913 bits per heavy atom. The summed E-state index contributed by atoms with van der Waals surface area (Å²) >= 11 is 0. The van der Waals surface area contributed by atoms with Crippen molar-refractivity contribution in [3.63, 3.8) is 0 Å². The maximum atomic E-state index is 13.4. The minimum absolute atomic E-state index is 0.197. The van der Waals surface area contributed by atoms with Crippen LogP contribution in [0.4, 0.5) is 10.1 Å². The van der Waals surface area contributed by atoms with Gasteiger partial charge in [-0.1, -0.05) is 36.4 Å². The Hall–Kier alpha value is -2.40. The number of nitrogens with zero attached hydrogens (tertiary/aromatic N) is 1. The number of anilines is 1.